The molecule has 0 heterocycles. The molecule has 1 unspecified atom stereocenters. The predicted octanol–water partition coefficient (Wildman–Crippen LogP) is 3.52. The van der Waals surface area contributed by atoms with Gasteiger partial charge in [0.2, 0.25) is 0 Å². The number of benzene rings is 2. The summed E-state index contributed by atoms with van der Waals surface area (Å²) in [6.07, 6.45) is 1.40. The van der Waals surface area contributed by atoms with Crippen LogP contribution in [-0.4, -0.2) is 33.4 Å². The number of carboxylic acid groups (broad SMARTS) is 1. The third-order valence-electron chi connectivity index (χ3n) is 3.93. The van der Waals surface area contributed by atoms with Crippen molar-refractivity contribution in [1.82, 2.24) is 5.32 Å². The van der Waals surface area contributed by atoms with E-state index < -0.39 is 12.1 Å². The van der Waals surface area contributed by atoms with Gasteiger partial charge in [0.1, 0.15) is 5.75 Å². The van der Waals surface area contributed by atoms with Gasteiger partial charge in [-0.2, -0.15) is 0 Å². The highest BCUT2D eigenvalue weighted by Crippen LogP contribution is 2.18. The minimum Gasteiger partial charge on any atom is -0.508 e. The maximum Gasteiger partial charge on any atom is 0.300 e. The number of β-amino-alcohol motifs (C(OH)–C–C–N with tert-alkyl or cyclic N) is 1. The van der Waals surface area contributed by atoms with Gasteiger partial charge in [0.05, 0.1) is 6.10 Å². The summed E-state index contributed by atoms with van der Waals surface area (Å²) in [7, 11) is 0. The number of aliphatic hydroxyl groups excluding tert-OH is 1. The summed E-state index contributed by atoms with van der Waals surface area (Å²) in [5.74, 6) is -0.535. The van der Waals surface area contributed by atoms with E-state index in [4.69, 9.17) is 9.90 Å². The summed E-state index contributed by atoms with van der Waals surface area (Å²) < 4.78 is 0. The van der Waals surface area contributed by atoms with Gasteiger partial charge in [-0.05, 0) is 49.9 Å². The van der Waals surface area contributed by atoms with E-state index in [1.807, 2.05) is 42.5 Å². The second kappa shape index (κ2) is 10.6. The van der Waals surface area contributed by atoms with Gasteiger partial charge in [-0.15, -0.1) is 0 Å². The average Bonchev–Trinajstić information content (AvgIpc) is 2.60. The van der Waals surface area contributed by atoms with Crippen LogP contribution >= 0.6 is 0 Å². The molecule has 26 heavy (non-hydrogen) atoms. The molecule has 4 N–H and O–H groups in total. The minimum absolute atomic E-state index is 0.0619. The minimum atomic E-state index is -0.833. The third-order valence-corrected chi connectivity index (χ3v) is 3.93. The van der Waals surface area contributed by atoms with Crippen LogP contribution in [0.25, 0.3) is 0 Å². The molecule has 5 heteroatoms. The van der Waals surface area contributed by atoms with Crippen LogP contribution < -0.4 is 5.32 Å². The number of carbonyl (C=O) groups is 1. The van der Waals surface area contributed by atoms with Crippen LogP contribution in [0, 0.1) is 0 Å². The zero-order chi connectivity index (χ0) is 19.6. The maximum atomic E-state index is 10.2. The Labute approximate surface area is 155 Å². The summed E-state index contributed by atoms with van der Waals surface area (Å²) in [4.78, 5) is 9.00. The molecule has 0 aliphatic carbocycles. The molecule has 0 aliphatic heterocycles. The van der Waals surface area contributed by atoms with Crippen molar-refractivity contribution in [1.29, 1.82) is 0 Å². The van der Waals surface area contributed by atoms with Gasteiger partial charge in [-0.3, -0.25) is 4.79 Å². The first-order valence-corrected chi connectivity index (χ1v) is 8.65. The fraction of sp³-hybridized carbons (Fsp3) is 0.381. The standard InChI is InChI=1S/C19H25NO2.C2H4O2/c1-19(2,13-12-15-8-10-17(21)11-9-15)20-14-18(22)16-6-4-3-5-7-16;1-2(3)4/h3-11,18,20-22H,12-14H2,1-2H3;1H3,(H,3,4). The van der Waals surface area contributed by atoms with E-state index in [9.17, 15) is 10.2 Å². The van der Waals surface area contributed by atoms with Gasteiger partial charge in [0, 0.05) is 19.0 Å². The highest BCUT2D eigenvalue weighted by Gasteiger charge is 2.19. The number of hydrogen-bond acceptors (Lipinski definition) is 4. The fourth-order valence-corrected chi connectivity index (χ4v) is 2.37. The largest absolute Gasteiger partial charge is 0.508 e. The number of aryl methyl sites for hydroxylation is 1. The van der Waals surface area contributed by atoms with Crippen molar-refractivity contribution < 1.29 is 20.1 Å². The second-order valence-corrected chi connectivity index (χ2v) is 6.88. The molecule has 0 saturated heterocycles. The topological polar surface area (TPSA) is 89.8 Å². The van der Waals surface area contributed by atoms with Gasteiger partial charge >= 0.3 is 0 Å². The van der Waals surface area contributed by atoms with E-state index in [1.165, 1.54) is 5.56 Å². The fourth-order valence-electron chi connectivity index (χ4n) is 2.37. The molecule has 1 atom stereocenters. The summed E-state index contributed by atoms with van der Waals surface area (Å²) >= 11 is 0. The van der Waals surface area contributed by atoms with Crippen molar-refractivity contribution in [2.45, 2.75) is 45.3 Å². The Kier molecular flexibility index (Phi) is 8.82. The van der Waals surface area contributed by atoms with E-state index in [2.05, 4.69) is 19.2 Å². The predicted molar refractivity (Wildman–Crippen MR) is 103 cm³/mol. The first-order chi connectivity index (χ1) is 12.2. The van der Waals surface area contributed by atoms with Crippen molar-refractivity contribution in [2.75, 3.05) is 6.54 Å². The quantitative estimate of drug-likeness (QED) is 0.607. The highest BCUT2D eigenvalue weighted by molar-refractivity contribution is 5.62. The molecule has 0 spiro atoms. The lowest BCUT2D eigenvalue weighted by molar-refractivity contribution is -0.134. The van der Waals surface area contributed by atoms with E-state index in [1.54, 1.807) is 12.1 Å². The van der Waals surface area contributed by atoms with Crippen molar-refractivity contribution >= 4 is 5.97 Å². The van der Waals surface area contributed by atoms with Gasteiger partial charge in [0.25, 0.3) is 5.97 Å². The molecule has 0 bridgehead atoms. The molecule has 0 saturated carbocycles. The Balaban J connectivity index is 0.000000765. The van der Waals surface area contributed by atoms with Crippen LogP contribution in [0.1, 0.15) is 44.4 Å². The van der Waals surface area contributed by atoms with Crippen molar-refractivity contribution in [3.8, 4) is 5.75 Å². The molecular formula is C21H29NO4. The van der Waals surface area contributed by atoms with Crippen LogP contribution in [0.3, 0.4) is 0 Å². The lowest BCUT2D eigenvalue weighted by Gasteiger charge is -2.28. The molecule has 0 amide bonds. The number of carboxylic acids is 1. The number of rotatable bonds is 7. The Morgan fingerprint density at radius 1 is 1.08 bits per heavy atom. The zero-order valence-electron chi connectivity index (χ0n) is 15.6. The molecular weight excluding hydrogens is 330 g/mol. The molecule has 2 aromatic rings. The molecule has 0 fully saturated rings. The van der Waals surface area contributed by atoms with Crippen molar-refractivity contribution in [2.24, 2.45) is 0 Å². The number of phenolic OH excluding ortho intramolecular Hbond substituents is 1. The van der Waals surface area contributed by atoms with Crippen LogP contribution in [0.15, 0.2) is 54.6 Å². The molecule has 0 radical (unpaired) electrons. The number of aliphatic carboxylic acids is 1. The van der Waals surface area contributed by atoms with Gasteiger partial charge in [-0.1, -0.05) is 42.5 Å². The SMILES string of the molecule is CC(=O)O.CC(C)(CCc1ccc(O)cc1)NCC(O)c1ccccc1. The van der Waals surface area contributed by atoms with Gasteiger partial charge in [0.15, 0.2) is 0 Å². The van der Waals surface area contributed by atoms with E-state index in [0.717, 1.165) is 25.3 Å². The third kappa shape index (κ3) is 9.20. The van der Waals surface area contributed by atoms with Gasteiger partial charge in [-0.25, -0.2) is 0 Å². The van der Waals surface area contributed by atoms with Crippen LogP contribution in [0.5, 0.6) is 5.75 Å². The molecule has 0 aromatic heterocycles. The lowest BCUT2D eigenvalue weighted by Crippen LogP contribution is -2.41. The smallest absolute Gasteiger partial charge is 0.300 e. The highest BCUT2D eigenvalue weighted by atomic mass is 16.4. The maximum absolute atomic E-state index is 10.2. The second-order valence-electron chi connectivity index (χ2n) is 6.88. The lowest BCUT2D eigenvalue weighted by atomic mass is 9.94. The number of hydrogen-bond donors (Lipinski definition) is 4. The Bertz CT molecular complexity index is 649. The Morgan fingerprint density at radius 3 is 2.15 bits per heavy atom. The molecule has 5 nitrogen and oxygen atoms in total. The van der Waals surface area contributed by atoms with Gasteiger partial charge < -0.3 is 20.6 Å². The Hall–Kier alpha value is -2.37. The first-order valence-electron chi connectivity index (χ1n) is 8.65. The summed E-state index contributed by atoms with van der Waals surface area (Å²) in [6, 6.07) is 17.0. The monoisotopic (exact) mass is 359 g/mol. The molecule has 142 valence electrons. The number of nitrogens with one attached hydrogen (secondary N) is 1. The van der Waals surface area contributed by atoms with E-state index in [-0.39, 0.29) is 5.54 Å². The average molecular weight is 359 g/mol. The number of aliphatic hydroxyl groups is 1. The number of aromatic hydroxyl groups is 1. The van der Waals surface area contributed by atoms with Crippen LogP contribution in [-0.2, 0) is 11.2 Å². The van der Waals surface area contributed by atoms with Crippen molar-refractivity contribution in [3.63, 3.8) is 0 Å². The Morgan fingerprint density at radius 2 is 1.62 bits per heavy atom. The summed E-state index contributed by atoms with van der Waals surface area (Å²) in [5, 5.41) is 30.4. The first kappa shape index (κ1) is 21.7. The van der Waals surface area contributed by atoms with Crippen LogP contribution in [0.4, 0.5) is 0 Å². The zero-order valence-corrected chi connectivity index (χ0v) is 15.6. The van der Waals surface area contributed by atoms with E-state index >= 15 is 0 Å². The van der Waals surface area contributed by atoms with Crippen molar-refractivity contribution in [3.05, 3.63) is 65.7 Å². The normalized spacial score (nSPS) is 12.0. The summed E-state index contributed by atoms with van der Waals surface area (Å²) in [5.41, 5.74) is 2.08. The van der Waals surface area contributed by atoms with Crippen LogP contribution in [0.2, 0.25) is 0 Å². The molecule has 2 rings (SSSR count). The summed E-state index contributed by atoms with van der Waals surface area (Å²) in [6.45, 7) is 5.91. The molecule has 0 aliphatic rings. The molecule has 2 aromatic carbocycles. The number of phenols is 1. The van der Waals surface area contributed by atoms with E-state index in [0.29, 0.717) is 12.3 Å².